The summed E-state index contributed by atoms with van der Waals surface area (Å²) >= 11 is 0. The molecule has 12 heteroatoms. The van der Waals surface area contributed by atoms with Gasteiger partial charge in [0.2, 0.25) is 21.9 Å². The Morgan fingerprint density at radius 3 is 2.60 bits per heavy atom. The second-order valence-electron chi connectivity index (χ2n) is 8.13. The molecule has 1 aliphatic rings. The quantitative estimate of drug-likeness (QED) is 0.505. The number of hydrogen-bond acceptors (Lipinski definition) is 6. The molecule has 35 heavy (non-hydrogen) atoms. The van der Waals surface area contributed by atoms with E-state index in [0.717, 1.165) is 22.3 Å². The highest BCUT2D eigenvalue weighted by molar-refractivity contribution is 7.92. The maximum Gasteiger partial charge on any atom is 0.419 e. The highest BCUT2D eigenvalue weighted by Crippen LogP contribution is 2.33. The average Bonchev–Trinajstić information content (AvgIpc) is 3.15. The van der Waals surface area contributed by atoms with Gasteiger partial charge in [0.05, 0.1) is 29.6 Å². The van der Waals surface area contributed by atoms with Crippen LogP contribution >= 0.6 is 0 Å². The monoisotopic (exact) mass is 505 g/mol. The third-order valence-corrected chi connectivity index (χ3v) is 6.81. The Labute approximate surface area is 200 Å². The van der Waals surface area contributed by atoms with Crippen LogP contribution in [0.5, 0.6) is 0 Å². The molecule has 1 aliphatic heterocycles. The average molecular weight is 506 g/mol. The Hall–Kier alpha value is -3.67. The highest BCUT2D eigenvalue weighted by atomic mass is 32.2. The van der Waals surface area contributed by atoms with Crippen LogP contribution in [-0.4, -0.2) is 37.6 Å². The third kappa shape index (κ3) is 5.53. The summed E-state index contributed by atoms with van der Waals surface area (Å²) in [5.41, 5.74) is 1.76. The molecule has 0 saturated heterocycles. The number of aryl methyl sites for hydroxylation is 2. The van der Waals surface area contributed by atoms with Crippen LogP contribution in [0.1, 0.15) is 22.4 Å². The molecular formula is C23H22F3N5O3S. The molecule has 0 saturated carbocycles. The highest BCUT2D eigenvalue weighted by Gasteiger charge is 2.35. The predicted octanol–water partition coefficient (Wildman–Crippen LogP) is 3.91. The lowest BCUT2D eigenvalue weighted by atomic mass is 10.0. The number of anilines is 4. The summed E-state index contributed by atoms with van der Waals surface area (Å²) in [7, 11) is -2.16. The second-order valence-corrected chi connectivity index (χ2v) is 10.1. The first-order chi connectivity index (χ1) is 16.4. The second kappa shape index (κ2) is 9.17. The summed E-state index contributed by atoms with van der Waals surface area (Å²) in [5, 5.41) is 5.61. The van der Waals surface area contributed by atoms with Gasteiger partial charge in [0, 0.05) is 24.6 Å². The first-order valence-electron chi connectivity index (χ1n) is 10.6. The molecule has 1 aromatic heterocycles. The minimum atomic E-state index is -4.66. The SMILES string of the molecule is CN(c1ccccc1CCc1nc(Nc2ccc3c(c2)CC(=O)N3)ncc1C(F)(F)F)S(C)(=O)=O. The van der Waals surface area contributed by atoms with Gasteiger partial charge >= 0.3 is 6.18 Å². The lowest BCUT2D eigenvalue weighted by Crippen LogP contribution is -2.26. The topological polar surface area (TPSA) is 104 Å². The van der Waals surface area contributed by atoms with E-state index in [9.17, 15) is 26.4 Å². The Balaban J connectivity index is 1.61. The van der Waals surface area contributed by atoms with E-state index in [1.165, 1.54) is 7.05 Å². The maximum atomic E-state index is 13.7. The minimum absolute atomic E-state index is 0.0215. The fraction of sp³-hybridized carbons (Fsp3) is 0.261. The van der Waals surface area contributed by atoms with E-state index >= 15 is 0 Å². The third-order valence-electron chi connectivity index (χ3n) is 5.62. The molecule has 1 amide bonds. The van der Waals surface area contributed by atoms with Crippen molar-refractivity contribution < 1.29 is 26.4 Å². The maximum absolute atomic E-state index is 13.7. The molecule has 2 aromatic carbocycles. The van der Waals surface area contributed by atoms with Crippen LogP contribution in [0.15, 0.2) is 48.7 Å². The molecule has 0 bridgehead atoms. The van der Waals surface area contributed by atoms with Crippen LogP contribution < -0.4 is 14.9 Å². The number of alkyl halides is 3. The van der Waals surface area contributed by atoms with Crippen molar-refractivity contribution in [3.63, 3.8) is 0 Å². The van der Waals surface area contributed by atoms with Crippen LogP contribution in [0.4, 0.5) is 36.2 Å². The van der Waals surface area contributed by atoms with Gasteiger partial charge in [-0.2, -0.15) is 13.2 Å². The Morgan fingerprint density at radius 2 is 1.89 bits per heavy atom. The largest absolute Gasteiger partial charge is 0.419 e. The number of hydrogen-bond donors (Lipinski definition) is 2. The van der Waals surface area contributed by atoms with E-state index < -0.39 is 21.8 Å². The van der Waals surface area contributed by atoms with Crippen molar-refractivity contribution in [1.82, 2.24) is 9.97 Å². The number of amides is 1. The van der Waals surface area contributed by atoms with Gasteiger partial charge in [0.15, 0.2) is 0 Å². The first kappa shape index (κ1) is 24.5. The van der Waals surface area contributed by atoms with Crippen LogP contribution in [-0.2, 0) is 40.3 Å². The molecular weight excluding hydrogens is 483 g/mol. The van der Waals surface area contributed by atoms with Crippen LogP contribution in [0, 0.1) is 0 Å². The van der Waals surface area contributed by atoms with E-state index in [2.05, 4.69) is 20.6 Å². The number of sulfonamides is 1. The first-order valence-corrected chi connectivity index (χ1v) is 12.4. The van der Waals surface area contributed by atoms with Crippen molar-refractivity contribution >= 4 is 38.9 Å². The van der Waals surface area contributed by atoms with Gasteiger partial charge in [0.1, 0.15) is 0 Å². The summed E-state index contributed by atoms with van der Waals surface area (Å²) in [6, 6.07) is 11.7. The van der Waals surface area contributed by atoms with E-state index in [1.54, 1.807) is 42.5 Å². The summed E-state index contributed by atoms with van der Waals surface area (Å²) in [6.45, 7) is 0. The lowest BCUT2D eigenvalue weighted by Gasteiger charge is -2.20. The number of fused-ring (bicyclic) bond motifs is 1. The van der Waals surface area contributed by atoms with Gasteiger partial charge in [-0.3, -0.25) is 9.10 Å². The fourth-order valence-electron chi connectivity index (χ4n) is 3.80. The number of aromatic nitrogens is 2. The Morgan fingerprint density at radius 1 is 1.14 bits per heavy atom. The zero-order valence-electron chi connectivity index (χ0n) is 18.8. The normalized spacial score (nSPS) is 13.3. The van der Waals surface area contributed by atoms with Gasteiger partial charge < -0.3 is 10.6 Å². The van der Waals surface area contributed by atoms with E-state index in [0.29, 0.717) is 22.6 Å². The van der Waals surface area contributed by atoms with Crippen LogP contribution in [0.2, 0.25) is 0 Å². The minimum Gasteiger partial charge on any atom is -0.326 e. The summed E-state index contributed by atoms with van der Waals surface area (Å²) in [5.74, 6) is -0.154. The molecule has 2 N–H and O–H groups in total. The molecule has 0 unspecified atom stereocenters. The number of nitrogens with one attached hydrogen (secondary N) is 2. The van der Waals surface area contributed by atoms with Gasteiger partial charge in [-0.15, -0.1) is 0 Å². The van der Waals surface area contributed by atoms with E-state index in [1.807, 2.05) is 0 Å². The van der Waals surface area contributed by atoms with Crippen molar-refractivity contribution in [1.29, 1.82) is 0 Å². The van der Waals surface area contributed by atoms with Crippen molar-refractivity contribution in [2.75, 3.05) is 28.2 Å². The molecule has 0 radical (unpaired) electrons. The number of nitrogens with zero attached hydrogens (tertiary/aromatic N) is 3. The zero-order chi connectivity index (χ0) is 25.4. The predicted molar refractivity (Wildman–Crippen MR) is 126 cm³/mol. The van der Waals surface area contributed by atoms with Gasteiger partial charge in [-0.1, -0.05) is 18.2 Å². The number of para-hydroxylation sites is 1. The molecule has 8 nitrogen and oxygen atoms in total. The van der Waals surface area contributed by atoms with Crippen LogP contribution in [0.3, 0.4) is 0 Å². The smallest absolute Gasteiger partial charge is 0.326 e. The molecule has 0 spiro atoms. The molecule has 0 fully saturated rings. The van der Waals surface area contributed by atoms with Crippen molar-refractivity contribution in [3.8, 4) is 0 Å². The van der Waals surface area contributed by atoms with Crippen molar-refractivity contribution in [2.24, 2.45) is 0 Å². The molecule has 4 rings (SSSR count). The van der Waals surface area contributed by atoms with Crippen molar-refractivity contribution in [3.05, 3.63) is 71.0 Å². The summed E-state index contributed by atoms with van der Waals surface area (Å²) in [4.78, 5) is 19.5. The molecule has 3 aromatic rings. The number of benzene rings is 2. The van der Waals surface area contributed by atoms with Gasteiger partial charge in [-0.25, -0.2) is 18.4 Å². The number of carbonyl (C=O) groups excluding carboxylic acids is 1. The number of rotatable bonds is 7. The lowest BCUT2D eigenvalue weighted by molar-refractivity contribution is -0.138. The number of carbonyl (C=O) groups is 1. The molecule has 184 valence electrons. The molecule has 2 heterocycles. The van der Waals surface area contributed by atoms with Crippen LogP contribution in [0.25, 0.3) is 0 Å². The van der Waals surface area contributed by atoms with Gasteiger partial charge in [-0.05, 0) is 48.2 Å². The zero-order valence-corrected chi connectivity index (χ0v) is 19.7. The Bertz CT molecular complexity index is 1390. The van der Waals surface area contributed by atoms with E-state index in [-0.39, 0.29) is 36.8 Å². The van der Waals surface area contributed by atoms with E-state index in [4.69, 9.17) is 0 Å². The molecule has 0 aliphatic carbocycles. The standard InChI is InChI=1S/C23H22F3N5O3S/c1-31(35(2,33)34)20-6-4-3-5-14(20)7-9-19-17(23(24,25)26)13-27-22(30-19)28-16-8-10-18-15(11-16)12-21(32)29-18/h3-6,8,10-11,13H,7,9,12H2,1-2H3,(H,29,32)(H,27,28,30). The van der Waals surface area contributed by atoms with Crippen molar-refractivity contribution in [2.45, 2.75) is 25.4 Å². The Kier molecular flexibility index (Phi) is 6.41. The fourth-order valence-corrected chi connectivity index (χ4v) is 4.34. The summed E-state index contributed by atoms with van der Waals surface area (Å²) < 4.78 is 66.0. The molecule has 0 atom stereocenters. The van der Waals surface area contributed by atoms with Gasteiger partial charge in [0.25, 0.3) is 0 Å². The number of halogens is 3. The summed E-state index contributed by atoms with van der Waals surface area (Å²) in [6.07, 6.45) is -2.62.